The number of aliphatic hydroxyl groups is 4. The normalized spacial score (nSPS) is 27.0. The van der Waals surface area contributed by atoms with Gasteiger partial charge in [-0.3, -0.25) is 0 Å². The van der Waals surface area contributed by atoms with Gasteiger partial charge in [0.1, 0.15) is 94.1 Å². The molecule has 17 nitrogen and oxygen atoms in total. The Kier molecular flexibility index (Phi) is 11.8. The molecule has 13 N–H and O–H groups in total. The predicted molar refractivity (Wildman–Crippen MR) is 281 cm³/mol. The van der Waals surface area contributed by atoms with Crippen molar-refractivity contribution in [3.8, 4) is 69.0 Å². The van der Waals surface area contributed by atoms with Crippen LogP contribution in [0.3, 0.4) is 0 Å². The lowest BCUT2D eigenvalue weighted by Crippen LogP contribution is -2.60. The first-order valence-electron chi connectivity index (χ1n) is 25.7. The minimum atomic E-state index is -1.88. The van der Waals surface area contributed by atoms with E-state index in [1.54, 1.807) is 72.8 Å². The van der Waals surface area contributed by atoms with Gasteiger partial charge in [0.2, 0.25) is 6.29 Å². The van der Waals surface area contributed by atoms with Gasteiger partial charge in [-0.1, -0.05) is 54.6 Å². The largest absolute Gasteiger partial charge is 0.508 e. The number of rotatable bonds is 9. The SMILES string of the molecule is OC[C@H]1O[C@@H](Oc2cc([C@@H]3c4c(O)cc5c6c4[C@H]([C@@H](c4ccc(O)cc4)c4c(O)cc(O)cc4[C@@H]6[C@@H](c4ccc(O)cc4)O5)[C@H]3c3ccc(O)cc3)cc3c2O[C@H](c2ccc(O)cc2)[C@H]3c2cc(O)cc(O)c2)[C@H](O)[C@@H](O)[C@@H]1O. The average molecular weight is 1070 g/mol. The van der Waals surface area contributed by atoms with E-state index in [2.05, 4.69) is 0 Å². The standard InChI is InChI=1S/C62H52O17/c63-25-45-56(73)57(74)58(75)62(78-45)77-44-20-31(19-40-46(30-17-36(68)21-37(69)18-30)59(79-61(40)44)28-5-13-34(66)14-6-28)49-47(26-1-9-32(64)10-2-26)54-48(27-3-11-33(65)12-4-27)50-39(22-38(70)23-41(50)71)51-53-43(24-42(72)52(49)55(53)54)76-60(51)29-7-15-35(67)16-8-29/h1-24,45-49,51,54,56-60,62-75H,25H2/t45-,46+,47+,48+,49+,51+,54+,56-,57+,58-,59-,60-,62-/m1/s1. The van der Waals surface area contributed by atoms with Crippen LogP contribution in [0.1, 0.15) is 114 Å². The Morgan fingerprint density at radius 1 is 0.380 bits per heavy atom. The highest BCUT2D eigenvalue weighted by Crippen LogP contribution is 2.71. The lowest BCUT2D eigenvalue weighted by Gasteiger charge is -2.39. The maximum atomic E-state index is 13.0. The van der Waals surface area contributed by atoms with Gasteiger partial charge in [-0.25, -0.2) is 0 Å². The van der Waals surface area contributed by atoms with Crippen molar-refractivity contribution in [2.24, 2.45) is 0 Å². The molecule has 1 fully saturated rings. The highest BCUT2D eigenvalue weighted by molar-refractivity contribution is 5.73. The Hall–Kier alpha value is -8.84. The maximum Gasteiger partial charge on any atom is 0.229 e. The van der Waals surface area contributed by atoms with Crippen LogP contribution in [-0.4, -0.2) is 104 Å². The second-order valence-corrected chi connectivity index (χ2v) is 21.0. The van der Waals surface area contributed by atoms with E-state index < -0.39 is 85.0 Å². The molecule has 3 heterocycles. The van der Waals surface area contributed by atoms with Crippen molar-refractivity contribution >= 4 is 0 Å². The molecule has 79 heavy (non-hydrogen) atoms. The lowest BCUT2D eigenvalue weighted by molar-refractivity contribution is -0.277. The Labute approximate surface area is 450 Å². The molecule has 1 saturated heterocycles. The van der Waals surface area contributed by atoms with Crippen LogP contribution in [-0.2, 0) is 4.74 Å². The minimum absolute atomic E-state index is 0.00789. The Bertz CT molecular complexity index is 3660. The third-order valence-electron chi connectivity index (χ3n) is 16.5. The molecule has 402 valence electrons. The van der Waals surface area contributed by atoms with E-state index in [1.807, 2.05) is 6.07 Å². The number of phenols is 9. The topological polar surface area (TPSA) is 300 Å². The summed E-state index contributed by atoms with van der Waals surface area (Å²) >= 11 is 0. The van der Waals surface area contributed by atoms with E-state index >= 15 is 0 Å². The molecule has 0 amide bonds. The fourth-order valence-electron chi connectivity index (χ4n) is 13.3. The van der Waals surface area contributed by atoms with Crippen molar-refractivity contribution in [1.82, 2.24) is 0 Å². The van der Waals surface area contributed by atoms with Crippen molar-refractivity contribution in [3.63, 3.8) is 0 Å². The molecule has 0 bridgehead atoms. The molecule has 8 aromatic rings. The fraction of sp³-hybridized carbons (Fsp3) is 0.226. The number of hydrogen-bond donors (Lipinski definition) is 13. The number of aliphatic hydroxyl groups excluding tert-OH is 4. The second kappa shape index (κ2) is 18.7. The summed E-state index contributed by atoms with van der Waals surface area (Å²) in [5, 5.41) is 145. The van der Waals surface area contributed by atoms with Crippen molar-refractivity contribution in [2.45, 2.75) is 78.4 Å². The van der Waals surface area contributed by atoms with Crippen LogP contribution in [0.15, 0.2) is 146 Å². The lowest BCUT2D eigenvalue weighted by atomic mass is 9.68. The molecular formula is C62H52O17. The van der Waals surface area contributed by atoms with Gasteiger partial charge in [-0.15, -0.1) is 0 Å². The van der Waals surface area contributed by atoms with Gasteiger partial charge in [0.15, 0.2) is 11.5 Å². The van der Waals surface area contributed by atoms with Gasteiger partial charge in [0, 0.05) is 64.1 Å². The third-order valence-corrected chi connectivity index (χ3v) is 16.5. The van der Waals surface area contributed by atoms with Crippen LogP contribution >= 0.6 is 0 Å². The zero-order valence-electron chi connectivity index (χ0n) is 41.5. The summed E-state index contributed by atoms with van der Waals surface area (Å²) < 4.78 is 26.4. The minimum Gasteiger partial charge on any atom is -0.508 e. The highest BCUT2D eigenvalue weighted by Gasteiger charge is 2.57. The molecule has 5 aliphatic rings. The molecule has 0 spiro atoms. The number of aromatic hydroxyl groups is 9. The van der Waals surface area contributed by atoms with Gasteiger partial charge in [-0.2, -0.15) is 0 Å². The van der Waals surface area contributed by atoms with Crippen LogP contribution < -0.4 is 14.2 Å². The summed E-state index contributed by atoms with van der Waals surface area (Å²) in [5.41, 5.74) is 6.30. The number of ether oxygens (including phenoxy) is 4. The van der Waals surface area contributed by atoms with Crippen LogP contribution in [0.5, 0.6) is 69.0 Å². The molecule has 17 heteroatoms. The van der Waals surface area contributed by atoms with Crippen molar-refractivity contribution in [3.05, 3.63) is 212 Å². The molecule has 2 aliphatic carbocycles. The Morgan fingerprint density at radius 2 is 0.899 bits per heavy atom. The van der Waals surface area contributed by atoms with Crippen LogP contribution in [0, 0.1) is 0 Å². The number of hydrogen-bond acceptors (Lipinski definition) is 17. The van der Waals surface area contributed by atoms with Crippen molar-refractivity contribution in [1.29, 1.82) is 0 Å². The van der Waals surface area contributed by atoms with Gasteiger partial charge < -0.3 is 85.3 Å². The summed E-state index contributed by atoms with van der Waals surface area (Å²) in [6.45, 7) is -0.761. The molecule has 0 unspecified atom stereocenters. The first kappa shape index (κ1) is 49.7. The van der Waals surface area contributed by atoms with Crippen LogP contribution in [0.25, 0.3) is 0 Å². The smallest absolute Gasteiger partial charge is 0.229 e. The molecule has 0 saturated carbocycles. The van der Waals surface area contributed by atoms with E-state index in [0.29, 0.717) is 72.5 Å². The van der Waals surface area contributed by atoms with E-state index in [9.17, 15) is 66.4 Å². The Morgan fingerprint density at radius 3 is 1.49 bits per heavy atom. The monoisotopic (exact) mass is 1070 g/mol. The average Bonchev–Trinajstić information content (AvgIpc) is 2.85. The second-order valence-electron chi connectivity index (χ2n) is 21.0. The maximum absolute atomic E-state index is 13.0. The van der Waals surface area contributed by atoms with Crippen LogP contribution in [0.2, 0.25) is 0 Å². The molecule has 0 radical (unpaired) electrons. The molecule has 0 aromatic heterocycles. The van der Waals surface area contributed by atoms with Crippen LogP contribution in [0.4, 0.5) is 0 Å². The van der Waals surface area contributed by atoms with Gasteiger partial charge in [0.05, 0.1) is 18.4 Å². The van der Waals surface area contributed by atoms with Gasteiger partial charge >= 0.3 is 0 Å². The fourth-order valence-corrected chi connectivity index (χ4v) is 13.3. The first-order valence-corrected chi connectivity index (χ1v) is 25.7. The van der Waals surface area contributed by atoms with E-state index in [1.165, 1.54) is 66.7 Å². The predicted octanol–water partition coefficient (Wildman–Crippen LogP) is 7.91. The zero-order chi connectivity index (χ0) is 54.9. The number of fused-ring (bicyclic) bond motifs is 3. The van der Waals surface area contributed by atoms with Gasteiger partial charge in [-0.05, 0) is 117 Å². The third kappa shape index (κ3) is 8.02. The van der Waals surface area contributed by atoms with E-state index in [-0.39, 0.29) is 63.2 Å². The summed E-state index contributed by atoms with van der Waals surface area (Å²) in [5.74, 6) is -5.97. The summed E-state index contributed by atoms with van der Waals surface area (Å²) in [6, 6.07) is 37.9. The zero-order valence-corrected chi connectivity index (χ0v) is 41.5. The highest BCUT2D eigenvalue weighted by atomic mass is 16.7. The molecule has 3 aliphatic heterocycles. The van der Waals surface area contributed by atoms with Crippen molar-refractivity contribution < 1.29 is 85.3 Å². The van der Waals surface area contributed by atoms with E-state index in [4.69, 9.17) is 18.9 Å². The molecule has 8 aromatic carbocycles. The molecular weight excluding hydrogens is 1020 g/mol. The molecule has 13 atom stereocenters. The summed E-state index contributed by atoms with van der Waals surface area (Å²) in [7, 11) is 0. The summed E-state index contributed by atoms with van der Waals surface area (Å²) in [4.78, 5) is 0. The quantitative estimate of drug-likeness (QED) is 0.0653. The van der Waals surface area contributed by atoms with Gasteiger partial charge in [0.25, 0.3) is 0 Å². The number of phenolic OH excluding ortho intramolecular Hbond substituents is 9. The molecule has 13 rings (SSSR count). The van der Waals surface area contributed by atoms with E-state index in [0.717, 1.165) is 0 Å². The first-order chi connectivity index (χ1) is 38.0. The summed E-state index contributed by atoms with van der Waals surface area (Å²) in [6.07, 6.45) is -10.4. The van der Waals surface area contributed by atoms with Crippen molar-refractivity contribution in [2.75, 3.05) is 6.61 Å². The number of benzene rings is 8. The Balaban J connectivity index is 1.12.